The van der Waals surface area contributed by atoms with Crippen LogP contribution in [0.15, 0.2) is 48.9 Å². The second-order valence-corrected chi connectivity index (χ2v) is 4.09. The second-order valence-electron chi connectivity index (χ2n) is 4.09. The second kappa shape index (κ2) is 5.40. The Labute approximate surface area is 106 Å². The standard InChI is InChI=1S/C14H15N3O/c1-11(12-6-4-3-5-7-12)17(2)14(18)13-10-15-8-9-16-13/h3-11H,1-2H3. The fraction of sp³-hybridized carbons (Fsp3) is 0.214. The molecule has 1 heterocycles. The monoisotopic (exact) mass is 241 g/mol. The highest BCUT2D eigenvalue weighted by molar-refractivity contribution is 5.92. The number of carbonyl (C=O) groups is 1. The van der Waals surface area contributed by atoms with Gasteiger partial charge >= 0.3 is 0 Å². The number of carbonyl (C=O) groups excluding carboxylic acids is 1. The summed E-state index contributed by atoms with van der Waals surface area (Å²) in [6.45, 7) is 1.99. The molecule has 0 bridgehead atoms. The molecule has 0 spiro atoms. The van der Waals surface area contributed by atoms with Gasteiger partial charge in [-0.15, -0.1) is 0 Å². The Balaban J connectivity index is 2.17. The summed E-state index contributed by atoms with van der Waals surface area (Å²) in [7, 11) is 1.77. The van der Waals surface area contributed by atoms with Crippen LogP contribution in [0.2, 0.25) is 0 Å². The molecular weight excluding hydrogens is 226 g/mol. The van der Waals surface area contributed by atoms with E-state index in [0.717, 1.165) is 5.56 Å². The van der Waals surface area contributed by atoms with Crippen LogP contribution in [0.1, 0.15) is 29.0 Å². The average Bonchev–Trinajstić information content (AvgIpc) is 2.47. The number of aromatic nitrogens is 2. The van der Waals surface area contributed by atoms with Crippen molar-refractivity contribution in [2.24, 2.45) is 0 Å². The van der Waals surface area contributed by atoms with Crippen molar-refractivity contribution in [3.63, 3.8) is 0 Å². The molecule has 0 N–H and O–H groups in total. The Bertz CT molecular complexity index is 513. The van der Waals surface area contributed by atoms with Crippen molar-refractivity contribution in [3.05, 3.63) is 60.2 Å². The molecule has 92 valence electrons. The van der Waals surface area contributed by atoms with E-state index in [1.807, 2.05) is 37.3 Å². The highest BCUT2D eigenvalue weighted by Gasteiger charge is 2.19. The van der Waals surface area contributed by atoms with Crippen molar-refractivity contribution >= 4 is 5.91 Å². The molecule has 0 aliphatic rings. The number of amides is 1. The molecule has 0 fully saturated rings. The lowest BCUT2D eigenvalue weighted by molar-refractivity contribution is 0.0736. The van der Waals surface area contributed by atoms with E-state index in [2.05, 4.69) is 9.97 Å². The first-order valence-electron chi connectivity index (χ1n) is 5.78. The molecule has 4 heteroatoms. The van der Waals surface area contributed by atoms with Gasteiger partial charge in [-0.3, -0.25) is 9.78 Å². The predicted octanol–water partition coefficient (Wildman–Crippen LogP) is 2.31. The van der Waals surface area contributed by atoms with Gasteiger partial charge in [0.05, 0.1) is 12.2 Å². The van der Waals surface area contributed by atoms with E-state index in [9.17, 15) is 4.79 Å². The molecule has 0 saturated heterocycles. The van der Waals surface area contributed by atoms with Crippen LogP contribution in [-0.2, 0) is 0 Å². The molecule has 1 aromatic carbocycles. The van der Waals surface area contributed by atoms with Crippen molar-refractivity contribution in [2.75, 3.05) is 7.05 Å². The van der Waals surface area contributed by atoms with Crippen LogP contribution in [0.25, 0.3) is 0 Å². The first-order chi connectivity index (χ1) is 8.70. The predicted molar refractivity (Wildman–Crippen MR) is 69.0 cm³/mol. The number of benzene rings is 1. The Kier molecular flexibility index (Phi) is 3.67. The van der Waals surface area contributed by atoms with Gasteiger partial charge < -0.3 is 4.90 Å². The van der Waals surface area contributed by atoms with E-state index in [4.69, 9.17) is 0 Å². The zero-order valence-electron chi connectivity index (χ0n) is 10.4. The fourth-order valence-electron chi connectivity index (χ4n) is 1.72. The zero-order valence-corrected chi connectivity index (χ0v) is 10.4. The van der Waals surface area contributed by atoms with Crippen molar-refractivity contribution in [1.82, 2.24) is 14.9 Å². The van der Waals surface area contributed by atoms with E-state index >= 15 is 0 Å². The van der Waals surface area contributed by atoms with E-state index in [0.29, 0.717) is 5.69 Å². The van der Waals surface area contributed by atoms with E-state index < -0.39 is 0 Å². The maximum atomic E-state index is 12.2. The van der Waals surface area contributed by atoms with Crippen LogP contribution in [0.5, 0.6) is 0 Å². The van der Waals surface area contributed by atoms with Gasteiger partial charge in [-0.2, -0.15) is 0 Å². The number of hydrogen-bond acceptors (Lipinski definition) is 3. The largest absolute Gasteiger partial charge is 0.334 e. The van der Waals surface area contributed by atoms with Gasteiger partial charge in [-0.1, -0.05) is 30.3 Å². The van der Waals surface area contributed by atoms with Gasteiger partial charge in [0.1, 0.15) is 5.69 Å². The molecule has 0 radical (unpaired) electrons. The normalized spacial score (nSPS) is 11.9. The zero-order chi connectivity index (χ0) is 13.0. The summed E-state index contributed by atoms with van der Waals surface area (Å²) in [5.74, 6) is -0.126. The van der Waals surface area contributed by atoms with Crippen LogP contribution < -0.4 is 0 Å². The summed E-state index contributed by atoms with van der Waals surface area (Å²) in [6.07, 6.45) is 4.56. The first kappa shape index (κ1) is 12.2. The molecular formula is C14H15N3O. The number of hydrogen-bond donors (Lipinski definition) is 0. The van der Waals surface area contributed by atoms with Crippen LogP contribution in [-0.4, -0.2) is 27.8 Å². The molecule has 1 aromatic heterocycles. The topological polar surface area (TPSA) is 46.1 Å². The molecule has 0 aliphatic heterocycles. The smallest absolute Gasteiger partial charge is 0.274 e. The highest BCUT2D eigenvalue weighted by atomic mass is 16.2. The van der Waals surface area contributed by atoms with Gasteiger partial charge in [0.2, 0.25) is 0 Å². The van der Waals surface area contributed by atoms with E-state index in [-0.39, 0.29) is 11.9 Å². The third-order valence-electron chi connectivity index (χ3n) is 2.97. The Morgan fingerprint density at radius 2 is 1.94 bits per heavy atom. The minimum absolute atomic E-state index is 0.000654. The van der Waals surface area contributed by atoms with Crippen LogP contribution in [0, 0.1) is 0 Å². The van der Waals surface area contributed by atoms with Crippen molar-refractivity contribution < 1.29 is 4.79 Å². The SMILES string of the molecule is CC(c1ccccc1)N(C)C(=O)c1cnccn1. The Morgan fingerprint density at radius 3 is 2.56 bits per heavy atom. The molecule has 1 atom stereocenters. The molecule has 1 amide bonds. The summed E-state index contributed by atoms with van der Waals surface area (Å²) in [4.78, 5) is 21.8. The van der Waals surface area contributed by atoms with Crippen LogP contribution >= 0.6 is 0 Å². The van der Waals surface area contributed by atoms with Gasteiger partial charge in [0.15, 0.2) is 0 Å². The minimum Gasteiger partial charge on any atom is -0.334 e. The highest BCUT2D eigenvalue weighted by Crippen LogP contribution is 2.19. The average molecular weight is 241 g/mol. The summed E-state index contributed by atoms with van der Waals surface area (Å²) in [5, 5.41) is 0. The quantitative estimate of drug-likeness (QED) is 0.828. The molecule has 2 rings (SSSR count). The lowest BCUT2D eigenvalue weighted by Crippen LogP contribution is -2.30. The summed E-state index contributed by atoms with van der Waals surface area (Å²) in [6, 6.07) is 9.90. The molecule has 0 aliphatic carbocycles. The van der Waals surface area contributed by atoms with Crippen molar-refractivity contribution in [2.45, 2.75) is 13.0 Å². The molecule has 2 aromatic rings. The number of rotatable bonds is 3. The third kappa shape index (κ3) is 2.53. The van der Waals surface area contributed by atoms with Crippen molar-refractivity contribution in [3.8, 4) is 0 Å². The molecule has 1 unspecified atom stereocenters. The number of nitrogens with zero attached hydrogens (tertiary/aromatic N) is 3. The minimum atomic E-state index is -0.126. The molecule has 4 nitrogen and oxygen atoms in total. The van der Waals surface area contributed by atoms with Gasteiger partial charge in [0, 0.05) is 19.4 Å². The van der Waals surface area contributed by atoms with Crippen LogP contribution in [0.3, 0.4) is 0 Å². The lowest BCUT2D eigenvalue weighted by Gasteiger charge is -2.24. The maximum Gasteiger partial charge on any atom is 0.274 e. The first-order valence-corrected chi connectivity index (χ1v) is 5.78. The Hall–Kier alpha value is -2.23. The van der Waals surface area contributed by atoms with E-state index in [1.54, 1.807) is 18.1 Å². The van der Waals surface area contributed by atoms with Crippen LogP contribution in [0.4, 0.5) is 0 Å². The van der Waals surface area contributed by atoms with Crippen molar-refractivity contribution in [1.29, 1.82) is 0 Å². The summed E-state index contributed by atoms with van der Waals surface area (Å²) >= 11 is 0. The molecule has 18 heavy (non-hydrogen) atoms. The summed E-state index contributed by atoms with van der Waals surface area (Å²) < 4.78 is 0. The molecule has 0 saturated carbocycles. The lowest BCUT2D eigenvalue weighted by atomic mass is 10.1. The van der Waals surface area contributed by atoms with Gasteiger partial charge in [0.25, 0.3) is 5.91 Å². The fourth-order valence-corrected chi connectivity index (χ4v) is 1.72. The summed E-state index contributed by atoms with van der Waals surface area (Å²) in [5.41, 5.74) is 1.46. The van der Waals surface area contributed by atoms with Gasteiger partial charge in [-0.05, 0) is 12.5 Å². The van der Waals surface area contributed by atoms with E-state index in [1.165, 1.54) is 12.4 Å². The van der Waals surface area contributed by atoms with Gasteiger partial charge in [-0.25, -0.2) is 4.98 Å². The maximum absolute atomic E-state index is 12.2. The third-order valence-corrected chi connectivity index (χ3v) is 2.97. The Morgan fingerprint density at radius 1 is 1.22 bits per heavy atom.